The van der Waals surface area contributed by atoms with Crippen molar-refractivity contribution < 1.29 is 8.78 Å². The number of hydrogen-bond donors (Lipinski definition) is 1. The van der Waals surface area contributed by atoms with Gasteiger partial charge in [-0.25, -0.2) is 8.78 Å². The number of nitrogens with one attached hydrogen (secondary N) is 1. The smallest absolute Gasteiger partial charge is 0.257 e. The monoisotopic (exact) mass is 234 g/mol. The van der Waals surface area contributed by atoms with Gasteiger partial charge in [0.1, 0.15) is 0 Å². The summed E-state index contributed by atoms with van der Waals surface area (Å²) in [5, 5.41) is 3.13. The molecule has 2 rings (SSSR count). The molecular formula is C12H24F2N2. The number of hydrogen-bond acceptors (Lipinski definition) is 2. The van der Waals surface area contributed by atoms with E-state index in [1.54, 1.807) is 0 Å². The molecule has 2 aliphatic heterocycles. The minimum Gasteiger partial charge on any atom is -0.316 e. The zero-order valence-electron chi connectivity index (χ0n) is 9.52. The van der Waals surface area contributed by atoms with Gasteiger partial charge in [-0.3, -0.25) is 0 Å². The Kier molecular flexibility index (Phi) is 3.95. The topological polar surface area (TPSA) is 15.3 Å². The predicted molar refractivity (Wildman–Crippen MR) is 62.9 cm³/mol. The van der Waals surface area contributed by atoms with Crippen molar-refractivity contribution in [2.24, 2.45) is 5.41 Å². The SMILES string of the molecule is C.CC(C)N1CC[C@]2(CNCCC2(F)F)C1. The van der Waals surface area contributed by atoms with Crippen molar-refractivity contribution in [3.8, 4) is 0 Å². The Morgan fingerprint density at radius 1 is 1.25 bits per heavy atom. The molecule has 1 spiro atoms. The van der Waals surface area contributed by atoms with Crippen LogP contribution in [-0.2, 0) is 0 Å². The van der Waals surface area contributed by atoms with Gasteiger partial charge >= 0.3 is 0 Å². The van der Waals surface area contributed by atoms with Gasteiger partial charge in [0, 0.05) is 32.1 Å². The Balaban J connectivity index is 0.00000128. The molecule has 2 aliphatic rings. The molecule has 0 aliphatic carbocycles. The third-order valence-corrected chi connectivity index (χ3v) is 3.97. The molecule has 1 atom stereocenters. The summed E-state index contributed by atoms with van der Waals surface area (Å²) >= 11 is 0. The molecule has 0 radical (unpaired) electrons. The molecule has 0 bridgehead atoms. The first-order valence-electron chi connectivity index (χ1n) is 5.79. The second-order valence-corrected chi connectivity index (χ2v) is 5.23. The van der Waals surface area contributed by atoms with Crippen LogP contribution >= 0.6 is 0 Å². The first-order valence-corrected chi connectivity index (χ1v) is 5.79. The fraction of sp³-hybridized carbons (Fsp3) is 1.00. The summed E-state index contributed by atoms with van der Waals surface area (Å²) in [7, 11) is 0. The van der Waals surface area contributed by atoms with Gasteiger partial charge in [0.15, 0.2) is 0 Å². The Hall–Kier alpha value is -0.220. The van der Waals surface area contributed by atoms with E-state index in [0.29, 0.717) is 32.1 Å². The van der Waals surface area contributed by atoms with E-state index in [1.807, 2.05) is 0 Å². The van der Waals surface area contributed by atoms with Gasteiger partial charge in [-0.15, -0.1) is 0 Å². The molecule has 2 saturated heterocycles. The van der Waals surface area contributed by atoms with Crippen molar-refractivity contribution in [3.63, 3.8) is 0 Å². The minimum atomic E-state index is -2.48. The van der Waals surface area contributed by atoms with E-state index in [9.17, 15) is 8.78 Å². The van der Waals surface area contributed by atoms with Crippen LogP contribution < -0.4 is 5.32 Å². The van der Waals surface area contributed by atoms with Crippen LogP contribution in [0.5, 0.6) is 0 Å². The van der Waals surface area contributed by atoms with Crippen LogP contribution in [0.25, 0.3) is 0 Å². The predicted octanol–water partition coefficient (Wildman–Crippen LogP) is 2.35. The summed E-state index contributed by atoms with van der Waals surface area (Å²) in [6.07, 6.45) is 0.629. The molecule has 2 heterocycles. The number of rotatable bonds is 1. The van der Waals surface area contributed by atoms with E-state index < -0.39 is 11.3 Å². The molecule has 0 aromatic heterocycles. The van der Waals surface area contributed by atoms with Crippen LogP contribution in [0.15, 0.2) is 0 Å². The van der Waals surface area contributed by atoms with Crippen molar-refractivity contribution in [3.05, 3.63) is 0 Å². The highest BCUT2D eigenvalue weighted by Gasteiger charge is 2.57. The molecule has 0 unspecified atom stereocenters. The zero-order chi connectivity index (χ0) is 11.1. The van der Waals surface area contributed by atoms with Crippen molar-refractivity contribution in [1.29, 1.82) is 0 Å². The maximum atomic E-state index is 13.9. The summed E-state index contributed by atoms with van der Waals surface area (Å²) in [4.78, 5) is 2.17. The highest BCUT2D eigenvalue weighted by molar-refractivity contribution is 5.03. The van der Waals surface area contributed by atoms with Crippen molar-refractivity contribution in [1.82, 2.24) is 10.2 Å². The third-order valence-electron chi connectivity index (χ3n) is 3.97. The quantitative estimate of drug-likeness (QED) is 0.749. The van der Waals surface area contributed by atoms with Gasteiger partial charge in [-0.05, 0) is 26.8 Å². The van der Waals surface area contributed by atoms with E-state index in [1.165, 1.54) is 0 Å². The van der Waals surface area contributed by atoms with E-state index >= 15 is 0 Å². The van der Waals surface area contributed by atoms with Gasteiger partial charge in [-0.2, -0.15) is 0 Å². The normalized spacial score (nSPS) is 34.3. The van der Waals surface area contributed by atoms with Crippen molar-refractivity contribution in [2.75, 3.05) is 26.2 Å². The zero-order valence-corrected chi connectivity index (χ0v) is 9.52. The first kappa shape index (κ1) is 13.8. The average molecular weight is 234 g/mol. The number of alkyl halides is 2. The summed E-state index contributed by atoms with van der Waals surface area (Å²) < 4.78 is 27.9. The highest BCUT2D eigenvalue weighted by Crippen LogP contribution is 2.47. The molecular weight excluding hydrogens is 210 g/mol. The molecule has 0 aromatic rings. The highest BCUT2D eigenvalue weighted by atomic mass is 19.3. The van der Waals surface area contributed by atoms with Crippen LogP contribution in [0.3, 0.4) is 0 Å². The van der Waals surface area contributed by atoms with E-state index in [4.69, 9.17) is 0 Å². The Bertz CT molecular complexity index is 243. The van der Waals surface area contributed by atoms with Crippen LogP contribution in [-0.4, -0.2) is 43.0 Å². The Morgan fingerprint density at radius 2 is 1.94 bits per heavy atom. The maximum Gasteiger partial charge on any atom is 0.257 e. The number of nitrogens with zero attached hydrogens (tertiary/aromatic N) is 1. The molecule has 2 fully saturated rings. The maximum absolute atomic E-state index is 13.9. The Morgan fingerprint density at radius 3 is 2.44 bits per heavy atom. The molecule has 0 saturated carbocycles. The molecule has 0 aromatic carbocycles. The first-order chi connectivity index (χ1) is 6.97. The van der Waals surface area contributed by atoms with Gasteiger partial charge in [0.05, 0.1) is 5.41 Å². The minimum absolute atomic E-state index is 0. The number of likely N-dealkylation sites (tertiary alicyclic amines) is 1. The number of piperidine rings is 1. The molecule has 2 nitrogen and oxygen atoms in total. The molecule has 96 valence electrons. The van der Waals surface area contributed by atoms with Crippen molar-refractivity contribution in [2.45, 2.75) is 46.1 Å². The lowest BCUT2D eigenvalue weighted by Crippen LogP contribution is -2.55. The molecule has 16 heavy (non-hydrogen) atoms. The molecule has 1 N–H and O–H groups in total. The lowest BCUT2D eigenvalue weighted by Gasteiger charge is -2.41. The molecule has 0 amide bonds. The van der Waals surface area contributed by atoms with E-state index in [0.717, 1.165) is 6.54 Å². The van der Waals surface area contributed by atoms with Crippen LogP contribution in [0.4, 0.5) is 8.78 Å². The summed E-state index contributed by atoms with van der Waals surface area (Å²) in [5.41, 5.74) is -0.796. The fourth-order valence-corrected chi connectivity index (χ4v) is 2.76. The third kappa shape index (κ3) is 2.09. The standard InChI is InChI=1S/C11H20F2N2.CH4/c1-9(2)15-6-4-10(8-15)7-14-5-3-11(10,12)13;/h9,14H,3-8H2,1-2H3;1H4/t10-;/m0./s1. The number of halogens is 2. The van der Waals surface area contributed by atoms with Gasteiger partial charge in [0.2, 0.25) is 0 Å². The molecule has 4 heteroatoms. The van der Waals surface area contributed by atoms with Crippen molar-refractivity contribution >= 4 is 0 Å². The Labute approximate surface area is 97.4 Å². The van der Waals surface area contributed by atoms with Gasteiger partial charge in [-0.1, -0.05) is 7.43 Å². The van der Waals surface area contributed by atoms with E-state index in [-0.39, 0.29) is 13.8 Å². The van der Waals surface area contributed by atoms with Gasteiger partial charge < -0.3 is 10.2 Å². The van der Waals surface area contributed by atoms with Gasteiger partial charge in [0.25, 0.3) is 5.92 Å². The lowest BCUT2D eigenvalue weighted by atomic mass is 9.76. The average Bonchev–Trinajstić information content (AvgIpc) is 2.57. The summed E-state index contributed by atoms with van der Waals surface area (Å²) in [5.74, 6) is -2.48. The van der Waals surface area contributed by atoms with E-state index in [2.05, 4.69) is 24.1 Å². The second-order valence-electron chi connectivity index (χ2n) is 5.23. The second kappa shape index (κ2) is 4.57. The lowest BCUT2D eigenvalue weighted by molar-refractivity contribution is -0.136. The van der Waals surface area contributed by atoms with Crippen LogP contribution in [0, 0.1) is 5.41 Å². The largest absolute Gasteiger partial charge is 0.316 e. The van der Waals surface area contributed by atoms with Crippen LogP contribution in [0.1, 0.15) is 34.1 Å². The van der Waals surface area contributed by atoms with Crippen LogP contribution in [0.2, 0.25) is 0 Å². The summed E-state index contributed by atoms with van der Waals surface area (Å²) in [6.45, 7) is 6.44. The fourth-order valence-electron chi connectivity index (χ4n) is 2.76. The summed E-state index contributed by atoms with van der Waals surface area (Å²) in [6, 6.07) is 0.377.